The summed E-state index contributed by atoms with van der Waals surface area (Å²) in [5.41, 5.74) is 1.71. The summed E-state index contributed by atoms with van der Waals surface area (Å²) >= 11 is 0. The number of carbonyl (C=O) groups excluding carboxylic acids is 1. The Balaban J connectivity index is 1.95. The molecule has 2 aromatic rings. The van der Waals surface area contributed by atoms with Crippen LogP contribution in [0, 0.1) is 0 Å². The summed E-state index contributed by atoms with van der Waals surface area (Å²) in [5.74, 6) is 0.594. The lowest BCUT2D eigenvalue weighted by atomic mass is 10.0. The summed E-state index contributed by atoms with van der Waals surface area (Å²) in [4.78, 5) is 14.9. The molecule has 0 radical (unpaired) electrons. The van der Waals surface area contributed by atoms with Gasteiger partial charge in [-0.3, -0.25) is 9.69 Å². The minimum Gasteiger partial charge on any atom is -0.490 e. The summed E-state index contributed by atoms with van der Waals surface area (Å²) < 4.78 is 7.87. The Morgan fingerprint density at radius 2 is 1.79 bits per heavy atom. The van der Waals surface area contributed by atoms with Crippen LogP contribution in [0.15, 0.2) is 42.6 Å². The van der Waals surface area contributed by atoms with Crippen molar-refractivity contribution in [1.29, 1.82) is 0 Å². The molecule has 1 aromatic carbocycles. The van der Waals surface area contributed by atoms with Gasteiger partial charge in [0.05, 0.1) is 5.56 Å². The van der Waals surface area contributed by atoms with Gasteiger partial charge in [-0.1, -0.05) is 12.1 Å². The predicted molar refractivity (Wildman–Crippen MR) is 113 cm³/mol. The molecule has 28 heavy (non-hydrogen) atoms. The van der Waals surface area contributed by atoms with Crippen LogP contribution in [0.1, 0.15) is 50.2 Å². The van der Waals surface area contributed by atoms with Crippen molar-refractivity contribution in [3.05, 3.63) is 53.9 Å². The first-order chi connectivity index (χ1) is 13.3. The molecule has 1 unspecified atom stereocenters. The molecular formula is C23H34N2O3. The van der Waals surface area contributed by atoms with Crippen LogP contribution in [-0.4, -0.2) is 51.7 Å². The Morgan fingerprint density at radius 1 is 1.11 bits per heavy atom. The number of ether oxygens (including phenoxy) is 1. The minimum atomic E-state index is -0.615. The van der Waals surface area contributed by atoms with E-state index in [9.17, 15) is 9.90 Å². The van der Waals surface area contributed by atoms with E-state index in [1.165, 1.54) is 0 Å². The highest BCUT2D eigenvalue weighted by molar-refractivity contribution is 5.98. The van der Waals surface area contributed by atoms with E-state index >= 15 is 0 Å². The number of ketones is 1. The molecule has 1 atom stereocenters. The lowest BCUT2D eigenvalue weighted by molar-refractivity contribution is 0.0442. The molecule has 0 aliphatic rings. The first kappa shape index (κ1) is 22.2. The molecule has 0 amide bonds. The molecule has 1 N–H and O–H groups in total. The molecule has 0 aliphatic heterocycles. The van der Waals surface area contributed by atoms with E-state index in [1.54, 1.807) is 12.1 Å². The zero-order valence-corrected chi connectivity index (χ0v) is 17.8. The Labute approximate surface area is 168 Å². The fraction of sp³-hybridized carbons (Fsp3) is 0.522. The Kier molecular flexibility index (Phi) is 8.27. The van der Waals surface area contributed by atoms with Crippen molar-refractivity contribution < 1.29 is 14.6 Å². The maximum atomic E-state index is 12.7. The summed E-state index contributed by atoms with van der Waals surface area (Å²) in [6.07, 6.45) is 2.48. The third-order valence-electron chi connectivity index (χ3n) is 5.03. The normalized spacial score (nSPS) is 12.8. The third-order valence-corrected chi connectivity index (χ3v) is 5.03. The molecule has 0 bridgehead atoms. The molecule has 0 saturated carbocycles. The van der Waals surface area contributed by atoms with Crippen molar-refractivity contribution in [2.75, 3.05) is 13.2 Å². The number of aliphatic hydroxyl groups is 1. The second kappa shape index (κ2) is 10.4. The monoisotopic (exact) mass is 386 g/mol. The quantitative estimate of drug-likeness (QED) is 0.598. The van der Waals surface area contributed by atoms with Gasteiger partial charge in [-0.2, -0.15) is 0 Å². The largest absolute Gasteiger partial charge is 0.490 e. The Hall–Kier alpha value is -2.11. The fourth-order valence-corrected chi connectivity index (χ4v) is 3.46. The second-order valence-electron chi connectivity index (χ2n) is 7.88. The zero-order valence-electron chi connectivity index (χ0n) is 17.8. The Morgan fingerprint density at radius 3 is 2.39 bits per heavy atom. The summed E-state index contributed by atoms with van der Waals surface area (Å²) in [5, 5.41) is 10.4. The van der Waals surface area contributed by atoms with E-state index < -0.39 is 6.10 Å². The van der Waals surface area contributed by atoms with Crippen LogP contribution in [0.5, 0.6) is 5.75 Å². The molecule has 1 heterocycles. The van der Waals surface area contributed by atoms with Crippen molar-refractivity contribution >= 4 is 5.78 Å². The van der Waals surface area contributed by atoms with Gasteiger partial charge in [0.25, 0.3) is 0 Å². The van der Waals surface area contributed by atoms with Crippen molar-refractivity contribution in [2.45, 2.75) is 58.7 Å². The van der Waals surface area contributed by atoms with Crippen molar-refractivity contribution in [3.8, 4) is 5.75 Å². The molecule has 0 saturated heterocycles. The maximum absolute atomic E-state index is 12.7. The molecule has 5 nitrogen and oxygen atoms in total. The number of aryl methyl sites for hydroxylation is 2. The average Bonchev–Trinajstić information content (AvgIpc) is 3.07. The highest BCUT2D eigenvalue weighted by Gasteiger charge is 2.19. The van der Waals surface area contributed by atoms with Gasteiger partial charge in [-0.25, -0.2) is 0 Å². The van der Waals surface area contributed by atoms with Crippen LogP contribution in [0.2, 0.25) is 0 Å². The van der Waals surface area contributed by atoms with E-state index in [1.807, 2.05) is 42.1 Å². The molecule has 0 fully saturated rings. The molecule has 1 aromatic heterocycles. The van der Waals surface area contributed by atoms with E-state index in [2.05, 4.69) is 32.6 Å². The van der Waals surface area contributed by atoms with Gasteiger partial charge in [-0.15, -0.1) is 0 Å². The number of rotatable bonds is 11. The smallest absolute Gasteiger partial charge is 0.166 e. The summed E-state index contributed by atoms with van der Waals surface area (Å²) in [6, 6.07) is 12.0. The highest BCUT2D eigenvalue weighted by Crippen LogP contribution is 2.21. The van der Waals surface area contributed by atoms with Crippen LogP contribution >= 0.6 is 0 Å². The van der Waals surface area contributed by atoms with Gasteiger partial charge in [0.15, 0.2) is 5.78 Å². The first-order valence-corrected chi connectivity index (χ1v) is 10.1. The number of aliphatic hydroxyl groups excluding tert-OH is 1. The van der Waals surface area contributed by atoms with Crippen molar-refractivity contribution in [2.24, 2.45) is 7.05 Å². The molecule has 2 rings (SSSR count). The third kappa shape index (κ3) is 6.21. The van der Waals surface area contributed by atoms with Gasteiger partial charge >= 0.3 is 0 Å². The number of Topliss-reactive ketones (excluding diaryl/α,β-unsaturated/α-hetero) is 1. The first-order valence-electron chi connectivity index (χ1n) is 10.1. The lowest BCUT2D eigenvalue weighted by Crippen LogP contribution is -2.43. The van der Waals surface area contributed by atoms with E-state index in [4.69, 9.17) is 4.74 Å². The SMILES string of the molecule is CC(C)N(CC(O)COc1ccccc1C(=O)CCc1cccn1C)C(C)C. The Bertz CT molecular complexity index is 744. The number of para-hydroxylation sites is 1. The molecule has 154 valence electrons. The number of benzene rings is 1. The minimum absolute atomic E-state index is 0.0530. The van der Waals surface area contributed by atoms with Crippen LogP contribution in [0.3, 0.4) is 0 Å². The van der Waals surface area contributed by atoms with Crippen molar-refractivity contribution in [3.63, 3.8) is 0 Å². The molecule has 0 spiro atoms. The molecule has 0 aliphatic carbocycles. The van der Waals surface area contributed by atoms with Gasteiger partial charge < -0.3 is 14.4 Å². The number of carbonyl (C=O) groups is 1. The topological polar surface area (TPSA) is 54.7 Å². The number of hydrogen-bond donors (Lipinski definition) is 1. The lowest BCUT2D eigenvalue weighted by Gasteiger charge is -2.32. The second-order valence-corrected chi connectivity index (χ2v) is 7.88. The molecule has 5 heteroatoms. The maximum Gasteiger partial charge on any atom is 0.166 e. The summed E-state index contributed by atoms with van der Waals surface area (Å²) in [7, 11) is 1.98. The predicted octanol–water partition coefficient (Wildman–Crippen LogP) is 3.70. The summed E-state index contributed by atoms with van der Waals surface area (Å²) in [6.45, 7) is 9.18. The highest BCUT2D eigenvalue weighted by atomic mass is 16.5. The zero-order chi connectivity index (χ0) is 20.7. The van der Waals surface area contributed by atoms with Gasteiger partial charge in [0, 0.05) is 44.0 Å². The fourth-order valence-electron chi connectivity index (χ4n) is 3.46. The van der Waals surface area contributed by atoms with Gasteiger partial charge in [0.1, 0.15) is 18.5 Å². The van der Waals surface area contributed by atoms with E-state index in [0.717, 1.165) is 5.69 Å². The van der Waals surface area contributed by atoms with Crippen LogP contribution in [-0.2, 0) is 13.5 Å². The van der Waals surface area contributed by atoms with E-state index in [0.29, 0.717) is 42.8 Å². The number of aromatic nitrogens is 1. The van der Waals surface area contributed by atoms with Crippen LogP contribution < -0.4 is 4.74 Å². The molecular weight excluding hydrogens is 352 g/mol. The van der Waals surface area contributed by atoms with Gasteiger partial charge in [-0.05, 0) is 58.4 Å². The van der Waals surface area contributed by atoms with Crippen molar-refractivity contribution in [1.82, 2.24) is 9.47 Å². The van der Waals surface area contributed by atoms with Crippen LogP contribution in [0.25, 0.3) is 0 Å². The van der Waals surface area contributed by atoms with E-state index in [-0.39, 0.29) is 12.4 Å². The number of nitrogens with zero attached hydrogens (tertiary/aromatic N) is 2. The van der Waals surface area contributed by atoms with Gasteiger partial charge in [0.2, 0.25) is 0 Å². The standard InChI is InChI=1S/C23H34N2O3/c1-17(2)25(18(3)4)15-20(26)16-28-23-11-7-6-10-21(23)22(27)13-12-19-9-8-14-24(19)5/h6-11,14,17-18,20,26H,12-13,15-16H2,1-5H3. The van der Waals surface area contributed by atoms with Crippen LogP contribution in [0.4, 0.5) is 0 Å². The number of hydrogen-bond acceptors (Lipinski definition) is 4. The average molecular weight is 387 g/mol.